The summed E-state index contributed by atoms with van der Waals surface area (Å²) in [6, 6.07) is 4.85. The van der Waals surface area contributed by atoms with Crippen LogP contribution in [0.25, 0.3) is 0 Å². The summed E-state index contributed by atoms with van der Waals surface area (Å²) in [5.41, 5.74) is -0.373. The van der Waals surface area contributed by atoms with Crippen LogP contribution in [0.1, 0.15) is 20.3 Å². The van der Waals surface area contributed by atoms with E-state index < -0.39 is 16.3 Å². The van der Waals surface area contributed by atoms with E-state index in [-0.39, 0.29) is 11.6 Å². The SMILES string of the molecule is CC(C)C1(C(=O)O)CCN(c2ccc(Br)cc2[N+](=O)[O-])C1. The molecule has 0 amide bonds. The summed E-state index contributed by atoms with van der Waals surface area (Å²) >= 11 is 3.22. The number of rotatable bonds is 4. The summed E-state index contributed by atoms with van der Waals surface area (Å²) in [5.74, 6) is -0.866. The molecule has 1 aliphatic rings. The predicted molar refractivity (Wildman–Crippen MR) is 82.5 cm³/mol. The molecule has 21 heavy (non-hydrogen) atoms. The van der Waals surface area contributed by atoms with Gasteiger partial charge in [0.2, 0.25) is 0 Å². The number of carbonyl (C=O) groups is 1. The maximum Gasteiger partial charge on any atom is 0.311 e. The Hall–Kier alpha value is -1.63. The summed E-state index contributed by atoms with van der Waals surface area (Å²) in [4.78, 5) is 24.2. The highest BCUT2D eigenvalue weighted by molar-refractivity contribution is 9.10. The summed E-state index contributed by atoms with van der Waals surface area (Å²) in [6.45, 7) is 4.57. The summed E-state index contributed by atoms with van der Waals surface area (Å²) in [5, 5.41) is 20.8. The van der Waals surface area contributed by atoms with Crippen molar-refractivity contribution < 1.29 is 14.8 Å². The van der Waals surface area contributed by atoms with Crippen molar-refractivity contribution in [2.24, 2.45) is 11.3 Å². The standard InChI is InChI=1S/C14H17BrN2O4/c1-9(2)14(13(18)19)5-6-16(8-14)11-4-3-10(15)7-12(11)17(20)21/h3-4,7,9H,5-6,8H2,1-2H3,(H,18,19). The van der Waals surface area contributed by atoms with Gasteiger partial charge in [-0.25, -0.2) is 0 Å². The van der Waals surface area contributed by atoms with Gasteiger partial charge in [0, 0.05) is 23.6 Å². The second-order valence-corrected chi connectivity index (χ2v) is 6.59. The molecule has 1 heterocycles. The van der Waals surface area contributed by atoms with Gasteiger partial charge in [-0.05, 0) is 24.5 Å². The van der Waals surface area contributed by atoms with E-state index in [1.54, 1.807) is 17.0 Å². The van der Waals surface area contributed by atoms with Crippen LogP contribution in [-0.2, 0) is 4.79 Å². The van der Waals surface area contributed by atoms with Gasteiger partial charge in [0.25, 0.3) is 5.69 Å². The first-order valence-electron chi connectivity index (χ1n) is 6.70. The Balaban J connectivity index is 2.38. The fourth-order valence-corrected chi connectivity index (χ4v) is 3.19. The van der Waals surface area contributed by atoms with Crippen LogP contribution in [0.4, 0.5) is 11.4 Å². The highest BCUT2D eigenvalue weighted by Gasteiger charge is 2.48. The maximum absolute atomic E-state index is 11.6. The molecule has 0 bridgehead atoms. The van der Waals surface area contributed by atoms with Gasteiger partial charge in [-0.1, -0.05) is 29.8 Å². The fourth-order valence-electron chi connectivity index (χ4n) is 2.84. The first-order chi connectivity index (χ1) is 9.78. The molecular weight excluding hydrogens is 340 g/mol. The van der Waals surface area contributed by atoms with Crippen LogP contribution < -0.4 is 4.90 Å². The van der Waals surface area contributed by atoms with Crippen LogP contribution in [-0.4, -0.2) is 29.1 Å². The molecule has 114 valence electrons. The molecule has 0 radical (unpaired) electrons. The molecule has 0 aliphatic carbocycles. The van der Waals surface area contributed by atoms with E-state index in [2.05, 4.69) is 15.9 Å². The van der Waals surface area contributed by atoms with Gasteiger partial charge in [0.1, 0.15) is 5.69 Å². The molecule has 1 fully saturated rings. The average molecular weight is 357 g/mol. The second-order valence-electron chi connectivity index (χ2n) is 5.68. The Bertz CT molecular complexity index is 590. The molecule has 1 unspecified atom stereocenters. The molecule has 1 aromatic rings. The van der Waals surface area contributed by atoms with Gasteiger partial charge in [-0.2, -0.15) is 0 Å². The lowest BCUT2D eigenvalue weighted by Gasteiger charge is -2.29. The van der Waals surface area contributed by atoms with E-state index in [1.807, 2.05) is 13.8 Å². The number of nitrogens with zero attached hydrogens (tertiary/aromatic N) is 2. The molecule has 0 spiro atoms. The number of nitro benzene ring substituents is 1. The molecule has 7 heteroatoms. The average Bonchev–Trinajstić information content (AvgIpc) is 2.84. The normalized spacial score (nSPS) is 21.8. The third-order valence-electron chi connectivity index (χ3n) is 4.31. The van der Waals surface area contributed by atoms with Crippen molar-refractivity contribution in [3.8, 4) is 0 Å². The van der Waals surface area contributed by atoms with E-state index in [1.165, 1.54) is 6.07 Å². The van der Waals surface area contributed by atoms with Crippen LogP contribution in [0.3, 0.4) is 0 Å². The van der Waals surface area contributed by atoms with Gasteiger partial charge in [-0.15, -0.1) is 0 Å². The monoisotopic (exact) mass is 356 g/mol. The zero-order valence-corrected chi connectivity index (χ0v) is 13.5. The predicted octanol–water partition coefficient (Wildman–Crippen LogP) is 3.29. The fraction of sp³-hybridized carbons (Fsp3) is 0.500. The van der Waals surface area contributed by atoms with Crippen molar-refractivity contribution in [1.82, 2.24) is 0 Å². The Morgan fingerprint density at radius 1 is 1.52 bits per heavy atom. The highest BCUT2D eigenvalue weighted by atomic mass is 79.9. The van der Waals surface area contributed by atoms with Crippen molar-refractivity contribution in [1.29, 1.82) is 0 Å². The maximum atomic E-state index is 11.6. The van der Waals surface area contributed by atoms with Crippen molar-refractivity contribution in [2.45, 2.75) is 20.3 Å². The minimum atomic E-state index is -0.846. The second kappa shape index (κ2) is 5.63. The van der Waals surface area contributed by atoms with Crippen molar-refractivity contribution in [3.05, 3.63) is 32.8 Å². The molecule has 1 N–H and O–H groups in total. The van der Waals surface area contributed by atoms with Gasteiger partial charge in [0.15, 0.2) is 0 Å². The van der Waals surface area contributed by atoms with Crippen LogP contribution in [0, 0.1) is 21.4 Å². The topological polar surface area (TPSA) is 83.7 Å². The zero-order valence-electron chi connectivity index (χ0n) is 11.9. The lowest BCUT2D eigenvalue weighted by atomic mass is 9.76. The number of carboxylic acids is 1. The van der Waals surface area contributed by atoms with E-state index in [0.29, 0.717) is 29.7 Å². The Kier molecular flexibility index (Phi) is 4.22. The van der Waals surface area contributed by atoms with Crippen LogP contribution >= 0.6 is 15.9 Å². The first kappa shape index (κ1) is 15.8. The zero-order chi connectivity index (χ0) is 15.8. The number of nitro groups is 1. The molecule has 2 rings (SSSR count). The summed E-state index contributed by atoms with van der Waals surface area (Å²) in [7, 11) is 0. The van der Waals surface area contributed by atoms with Crippen LogP contribution in [0.2, 0.25) is 0 Å². The van der Waals surface area contributed by atoms with E-state index >= 15 is 0 Å². The van der Waals surface area contributed by atoms with Crippen molar-refractivity contribution >= 4 is 33.3 Å². The van der Waals surface area contributed by atoms with Crippen LogP contribution in [0.5, 0.6) is 0 Å². The smallest absolute Gasteiger partial charge is 0.311 e. The van der Waals surface area contributed by atoms with Gasteiger partial charge < -0.3 is 10.0 Å². The largest absolute Gasteiger partial charge is 0.481 e. The minimum Gasteiger partial charge on any atom is -0.481 e. The third-order valence-corrected chi connectivity index (χ3v) is 4.80. The number of hydrogen-bond donors (Lipinski definition) is 1. The third kappa shape index (κ3) is 2.74. The number of benzene rings is 1. The molecule has 6 nitrogen and oxygen atoms in total. The number of hydrogen-bond acceptors (Lipinski definition) is 4. The van der Waals surface area contributed by atoms with Crippen molar-refractivity contribution in [2.75, 3.05) is 18.0 Å². The van der Waals surface area contributed by atoms with Gasteiger partial charge >= 0.3 is 5.97 Å². The molecule has 1 saturated heterocycles. The Morgan fingerprint density at radius 2 is 2.19 bits per heavy atom. The lowest BCUT2D eigenvalue weighted by Crippen LogP contribution is -2.39. The summed E-state index contributed by atoms with van der Waals surface area (Å²) < 4.78 is 0.630. The van der Waals surface area contributed by atoms with E-state index in [0.717, 1.165) is 0 Å². The molecule has 1 aliphatic heterocycles. The lowest BCUT2D eigenvalue weighted by molar-refractivity contribution is -0.384. The number of halogens is 1. The Morgan fingerprint density at radius 3 is 2.67 bits per heavy atom. The number of carboxylic acid groups (broad SMARTS) is 1. The molecule has 0 saturated carbocycles. The quantitative estimate of drug-likeness (QED) is 0.660. The van der Waals surface area contributed by atoms with E-state index in [9.17, 15) is 20.0 Å². The molecule has 0 aromatic heterocycles. The first-order valence-corrected chi connectivity index (χ1v) is 7.49. The number of anilines is 1. The van der Waals surface area contributed by atoms with Gasteiger partial charge in [-0.3, -0.25) is 14.9 Å². The molecule has 1 atom stereocenters. The highest BCUT2D eigenvalue weighted by Crippen LogP contribution is 2.42. The molecular formula is C14H17BrN2O4. The number of aliphatic carboxylic acids is 1. The molecule has 1 aromatic carbocycles. The Labute approximate surface area is 131 Å². The van der Waals surface area contributed by atoms with Gasteiger partial charge in [0.05, 0.1) is 10.3 Å². The summed E-state index contributed by atoms with van der Waals surface area (Å²) in [6.07, 6.45) is 0.493. The van der Waals surface area contributed by atoms with E-state index in [4.69, 9.17) is 0 Å². The van der Waals surface area contributed by atoms with Crippen LogP contribution in [0.15, 0.2) is 22.7 Å². The minimum absolute atomic E-state index is 0.00526. The van der Waals surface area contributed by atoms with Crippen molar-refractivity contribution in [3.63, 3.8) is 0 Å².